The van der Waals surface area contributed by atoms with Gasteiger partial charge in [-0.3, -0.25) is 4.79 Å². The number of hydrogen-bond acceptors (Lipinski definition) is 3. The molecule has 2 rings (SSSR count). The number of rotatable bonds is 8. The lowest BCUT2D eigenvalue weighted by Crippen LogP contribution is -2.21. The van der Waals surface area contributed by atoms with Crippen LogP contribution in [0.15, 0.2) is 54.6 Å². The van der Waals surface area contributed by atoms with Crippen molar-refractivity contribution in [3.63, 3.8) is 0 Å². The second-order valence-corrected chi connectivity index (χ2v) is 5.27. The summed E-state index contributed by atoms with van der Waals surface area (Å²) < 4.78 is 0. The number of nitrogens with one attached hydrogen (secondary N) is 1. The highest BCUT2D eigenvalue weighted by atomic mass is 16.2. The van der Waals surface area contributed by atoms with Crippen molar-refractivity contribution >= 4 is 5.91 Å². The molecule has 0 saturated carbocycles. The first-order valence-corrected chi connectivity index (χ1v) is 7.48. The largest absolute Gasteiger partial charge is 0.396 e. The summed E-state index contributed by atoms with van der Waals surface area (Å²) in [6.07, 6.45) is 1.63. The maximum Gasteiger partial charge on any atom is 0.248 e. The molecule has 4 nitrogen and oxygen atoms in total. The highest BCUT2D eigenvalue weighted by molar-refractivity contribution is 5.92. The number of aliphatic hydroxyl groups is 1. The molecular weight excluding hydrogens is 276 g/mol. The van der Waals surface area contributed by atoms with Crippen molar-refractivity contribution < 1.29 is 9.90 Å². The van der Waals surface area contributed by atoms with Crippen LogP contribution in [0.4, 0.5) is 0 Å². The molecule has 4 heteroatoms. The van der Waals surface area contributed by atoms with Crippen molar-refractivity contribution in [1.82, 2.24) is 5.32 Å². The zero-order valence-corrected chi connectivity index (χ0v) is 12.5. The molecule has 0 radical (unpaired) electrons. The monoisotopic (exact) mass is 298 g/mol. The molecule has 22 heavy (non-hydrogen) atoms. The maximum atomic E-state index is 11.1. The van der Waals surface area contributed by atoms with E-state index in [1.807, 2.05) is 30.3 Å². The highest BCUT2D eigenvalue weighted by Crippen LogP contribution is 2.19. The topological polar surface area (TPSA) is 75.4 Å². The van der Waals surface area contributed by atoms with Gasteiger partial charge in [-0.1, -0.05) is 42.5 Å². The average Bonchev–Trinajstić information content (AvgIpc) is 2.56. The number of carbonyl (C=O) groups is 1. The van der Waals surface area contributed by atoms with E-state index in [0.29, 0.717) is 12.1 Å². The Kier molecular flexibility index (Phi) is 6.13. The second kappa shape index (κ2) is 8.32. The first kappa shape index (κ1) is 16.2. The molecule has 1 atom stereocenters. The smallest absolute Gasteiger partial charge is 0.248 e. The third-order valence-corrected chi connectivity index (χ3v) is 3.64. The van der Waals surface area contributed by atoms with Gasteiger partial charge in [-0.05, 0) is 36.1 Å². The quantitative estimate of drug-likeness (QED) is 0.700. The molecule has 0 saturated heterocycles. The van der Waals surface area contributed by atoms with Gasteiger partial charge in [0.25, 0.3) is 0 Å². The SMILES string of the molecule is NC(=O)c1ccc(CNC(CCCO)c2ccccc2)cc1. The van der Waals surface area contributed by atoms with Crippen molar-refractivity contribution in [3.05, 3.63) is 71.3 Å². The first-order valence-electron chi connectivity index (χ1n) is 7.48. The van der Waals surface area contributed by atoms with Crippen LogP contribution in [-0.4, -0.2) is 17.6 Å². The van der Waals surface area contributed by atoms with Crippen molar-refractivity contribution in [2.75, 3.05) is 6.61 Å². The fraction of sp³-hybridized carbons (Fsp3) is 0.278. The number of benzene rings is 2. The van der Waals surface area contributed by atoms with E-state index in [0.717, 1.165) is 18.4 Å². The van der Waals surface area contributed by atoms with Gasteiger partial charge in [0.05, 0.1) is 0 Å². The van der Waals surface area contributed by atoms with Gasteiger partial charge >= 0.3 is 0 Å². The van der Waals surface area contributed by atoms with Crippen LogP contribution < -0.4 is 11.1 Å². The lowest BCUT2D eigenvalue weighted by Gasteiger charge is -2.19. The maximum absolute atomic E-state index is 11.1. The van der Waals surface area contributed by atoms with Crippen LogP contribution in [0.2, 0.25) is 0 Å². The highest BCUT2D eigenvalue weighted by Gasteiger charge is 2.10. The van der Waals surface area contributed by atoms with Crippen LogP contribution in [-0.2, 0) is 6.54 Å². The summed E-state index contributed by atoms with van der Waals surface area (Å²) in [7, 11) is 0. The van der Waals surface area contributed by atoms with Gasteiger partial charge in [-0.25, -0.2) is 0 Å². The Morgan fingerprint density at radius 2 is 1.77 bits per heavy atom. The van der Waals surface area contributed by atoms with Gasteiger partial charge < -0.3 is 16.2 Å². The van der Waals surface area contributed by atoms with E-state index in [1.165, 1.54) is 5.56 Å². The van der Waals surface area contributed by atoms with E-state index < -0.39 is 5.91 Å². The van der Waals surface area contributed by atoms with E-state index in [4.69, 9.17) is 10.8 Å². The summed E-state index contributed by atoms with van der Waals surface area (Å²) in [4.78, 5) is 11.1. The van der Waals surface area contributed by atoms with Gasteiger partial charge in [-0.15, -0.1) is 0 Å². The molecule has 4 N–H and O–H groups in total. The van der Waals surface area contributed by atoms with Crippen molar-refractivity contribution in [3.8, 4) is 0 Å². The van der Waals surface area contributed by atoms with Gasteiger partial charge in [0, 0.05) is 24.8 Å². The molecule has 0 heterocycles. The molecule has 0 aliphatic carbocycles. The second-order valence-electron chi connectivity index (χ2n) is 5.27. The third-order valence-electron chi connectivity index (χ3n) is 3.64. The Labute approximate surface area is 131 Å². The summed E-state index contributed by atoms with van der Waals surface area (Å²) in [5.41, 5.74) is 8.06. The summed E-state index contributed by atoms with van der Waals surface area (Å²) in [6, 6.07) is 17.7. The molecule has 0 aromatic heterocycles. The normalized spacial score (nSPS) is 12.0. The standard InChI is InChI=1S/C18H22N2O2/c19-18(22)16-10-8-14(9-11-16)13-20-17(7-4-12-21)15-5-2-1-3-6-15/h1-3,5-6,8-11,17,20-21H,4,7,12-13H2,(H2,19,22). The lowest BCUT2D eigenvalue weighted by atomic mass is 10.0. The van der Waals surface area contributed by atoms with Gasteiger partial charge in [0.15, 0.2) is 0 Å². The van der Waals surface area contributed by atoms with Crippen molar-refractivity contribution in [2.45, 2.75) is 25.4 Å². The number of carbonyl (C=O) groups excluding carboxylic acids is 1. The van der Waals surface area contributed by atoms with Gasteiger partial charge in [0.2, 0.25) is 5.91 Å². The van der Waals surface area contributed by atoms with E-state index in [-0.39, 0.29) is 12.6 Å². The van der Waals surface area contributed by atoms with Crippen LogP contribution in [0.1, 0.15) is 40.4 Å². The van der Waals surface area contributed by atoms with Gasteiger partial charge in [0.1, 0.15) is 0 Å². The molecule has 2 aromatic carbocycles. The van der Waals surface area contributed by atoms with Crippen molar-refractivity contribution in [1.29, 1.82) is 0 Å². The van der Waals surface area contributed by atoms with Crippen LogP contribution in [0.25, 0.3) is 0 Å². The number of aliphatic hydroxyl groups excluding tert-OH is 1. The zero-order valence-electron chi connectivity index (χ0n) is 12.5. The first-order chi connectivity index (χ1) is 10.7. The van der Waals surface area contributed by atoms with Crippen LogP contribution >= 0.6 is 0 Å². The molecule has 0 bridgehead atoms. The fourth-order valence-electron chi connectivity index (χ4n) is 2.40. The lowest BCUT2D eigenvalue weighted by molar-refractivity contribution is 0.100. The van der Waals surface area contributed by atoms with Crippen LogP contribution in [0.5, 0.6) is 0 Å². The molecule has 0 fully saturated rings. The molecule has 0 aliphatic rings. The van der Waals surface area contributed by atoms with Gasteiger partial charge in [-0.2, -0.15) is 0 Å². The Hall–Kier alpha value is -2.17. The Bertz CT molecular complexity index is 582. The Morgan fingerprint density at radius 3 is 2.36 bits per heavy atom. The van der Waals surface area contributed by atoms with Crippen LogP contribution in [0.3, 0.4) is 0 Å². The Balaban J connectivity index is 2.00. The fourth-order valence-corrected chi connectivity index (χ4v) is 2.40. The molecule has 0 spiro atoms. The minimum Gasteiger partial charge on any atom is -0.396 e. The molecule has 2 aromatic rings. The average molecular weight is 298 g/mol. The molecule has 1 unspecified atom stereocenters. The summed E-state index contributed by atoms with van der Waals surface area (Å²) in [5.74, 6) is -0.412. The van der Waals surface area contributed by atoms with E-state index >= 15 is 0 Å². The molecule has 0 aliphatic heterocycles. The molecule has 116 valence electrons. The Morgan fingerprint density at radius 1 is 1.09 bits per heavy atom. The third kappa shape index (κ3) is 4.69. The van der Waals surface area contributed by atoms with Crippen LogP contribution in [0, 0.1) is 0 Å². The number of nitrogens with two attached hydrogens (primary N) is 1. The number of hydrogen-bond donors (Lipinski definition) is 3. The minimum atomic E-state index is -0.412. The van der Waals surface area contributed by atoms with E-state index in [1.54, 1.807) is 12.1 Å². The predicted octanol–water partition coefficient (Wildman–Crippen LogP) is 2.39. The summed E-state index contributed by atoms with van der Waals surface area (Å²) >= 11 is 0. The number of primary amides is 1. The predicted molar refractivity (Wildman–Crippen MR) is 87.3 cm³/mol. The molecule has 1 amide bonds. The zero-order chi connectivity index (χ0) is 15.8. The number of amides is 1. The minimum absolute atomic E-state index is 0.193. The van der Waals surface area contributed by atoms with E-state index in [2.05, 4.69) is 17.4 Å². The van der Waals surface area contributed by atoms with E-state index in [9.17, 15) is 4.79 Å². The summed E-state index contributed by atoms with van der Waals surface area (Å²) in [5, 5.41) is 12.6. The van der Waals surface area contributed by atoms with Crippen molar-refractivity contribution in [2.24, 2.45) is 5.73 Å². The molecular formula is C18H22N2O2. The summed E-state index contributed by atoms with van der Waals surface area (Å²) in [6.45, 7) is 0.891.